The van der Waals surface area contributed by atoms with Crippen LogP contribution < -0.4 is 0 Å². The summed E-state index contributed by atoms with van der Waals surface area (Å²) in [6.07, 6.45) is 4.63. The first-order valence-corrected chi connectivity index (χ1v) is 4.08. The second-order valence-corrected chi connectivity index (χ2v) is 2.84. The van der Waals surface area contributed by atoms with Gasteiger partial charge in [0.25, 0.3) is 0 Å². The Kier molecular flexibility index (Phi) is 1.96. The van der Waals surface area contributed by atoms with Crippen LogP contribution in [0.25, 0.3) is 11.1 Å². The first-order valence-electron chi connectivity index (χ1n) is 4.08. The predicted octanol–water partition coefficient (Wildman–Crippen LogP) is 2.49. The molecule has 0 atom stereocenters. The summed E-state index contributed by atoms with van der Waals surface area (Å²) in [5.74, 6) is 0. The molecule has 1 aromatic carbocycles. The number of hydrogen-bond acceptors (Lipinski definition) is 1. The number of aromatic nitrogens is 1. The maximum Gasteiger partial charge on any atom is 0.150 e. The van der Waals surface area contributed by atoms with E-state index in [-0.39, 0.29) is 0 Å². The van der Waals surface area contributed by atoms with Gasteiger partial charge < -0.3 is 4.98 Å². The summed E-state index contributed by atoms with van der Waals surface area (Å²) in [5, 5.41) is 0. The van der Waals surface area contributed by atoms with Gasteiger partial charge >= 0.3 is 0 Å². The lowest BCUT2D eigenvalue weighted by Crippen LogP contribution is -1.80. The Hall–Kier alpha value is -1.83. The van der Waals surface area contributed by atoms with Gasteiger partial charge in [-0.3, -0.25) is 4.79 Å². The molecule has 0 aliphatic heterocycles. The number of H-pyrrole nitrogens is 1. The van der Waals surface area contributed by atoms with Crippen LogP contribution in [0.4, 0.5) is 0 Å². The Morgan fingerprint density at radius 3 is 2.77 bits per heavy atom. The van der Waals surface area contributed by atoms with Gasteiger partial charge in [0.05, 0.1) is 0 Å². The molecule has 0 aliphatic rings. The lowest BCUT2D eigenvalue weighted by atomic mass is 10.1. The van der Waals surface area contributed by atoms with Crippen molar-refractivity contribution in [3.05, 3.63) is 48.3 Å². The molecule has 2 rings (SSSR count). The molecule has 0 radical (unpaired) electrons. The molecule has 0 aliphatic carbocycles. The maximum atomic E-state index is 10.5. The van der Waals surface area contributed by atoms with Gasteiger partial charge in [-0.2, -0.15) is 0 Å². The first kappa shape index (κ1) is 7.80. The molecule has 2 nitrogen and oxygen atoms in total. The van der Waals surface area contributed by atoms with E-state index in [1.54, 1.807) is 6.07 Å². The van der Waals surface area contributed by atoms with Crippen LogP contribution in [0.3, 0.4) is 0 Å². The molecule has 0 bridgehead atoms. The standard InChI is InChI=1S/C11H9NO/c13-8-9-2-1-3-10(6-9)11-4-5-12-7-11/h1-8,12H. The second kappa shape index (κ2) is 3.27. The Morgan fingerprint density at radius 2 is 2.08 bits per heavy atom. The van der Waals surface area contributed by atoms with E-state index in [9.17, 15) is 4.79 Å². The van der Waals surface area contributed by atoms with Gasteiger partial charge in [-0.25, -0.2) is 0 Å². The summed E-state index contributed by atoms with van der Waals surface area (Å²) in [5.41, 5.74) is 2.87. The summed E-state index contributed by atoms with van der Waals surface area (Å²) >= 11 is 0. The van der Waals surface area contributed by atoms with Crippen molar-refractivity contribution in [1.29, 1.82) is 0 Å². The van der Waals surface area contributed by atoms with Gasteiger partial charge in [-0.15, -0.1) is 0 Å². The first-order chi connectivity index (χ1) is 6.40. The van der Waals surface area contributed by atoms with E-state index < -0.39 is 0 Å². The van der Waals surface area contributed by atoms with Gasteiger partial charge in [-0.05, 0) is 23.3 Å². The second-order valence-electron chi connectivity index (χ2n) is 2.84. The number of carbonyl (C=O) groups is 1. The molecule has 1 aromatic heterocycles. The zero-order chi connectivity index (χ0) is 9.10. The number of hydrogen-bond donors (Lipinski definition) is 1. The minimum atomic E-state index is 0.707. The van der Waals surface area contributed by atoms with E-state index >= 15 is 0 Å². The smallest absolute Gasteiger partial charge is 0.150 e. The minimum absolute atomic E-state index is 0.707. The van der Waals surface area contributed by atoms with Crippen molar-refractivity contribution in [2.75, 3.05) is 0 Å². The fraction of sp³-hybridized carbons (Fsp3) is 0. The van der Waals surface area contributed by atoms with E-state index in [0.29, 0.717) is 5.56 Å². The monoisotopic (exact) mass is 171 g/mol. The van der Waals surface area contributed by atoms with Crippen LogP contribution in [0, 0.1) is 0 Å². The number of rotatable bonds is 2. The fourth-order valence-corrected chi connectivity index (χ4v) is 1.29. The highest BCUT2D eigenvalue weighted by Gasteiger charge is 1.97. The quantitative estimate of drug-likeness (QED) is 0.692. The van der Waals surface area contributed by atoms with Gasteiger partial charge in [0.15, 0.2) is 0 Å². The summed E-state index contributed by atoms with van der Waals surface area (Å²) in [6.45, 7) is 0. The molecule has 0 saturated heterocycles. The Morgan fingerprint density at radius 1 is 1.15 bits per heavy atom. The summed E-state index contributed by atoms with van der Waals surface area (Å²) < 4.78 is 0. The fourth-order valence-electron chi connectivity index (χ4n) is 1.29. The van der Waals surface area contributed by atoms with Crippen molar-refractivity contribution in [2.45, 2.75) is 0 Å². The SMILES string of the molecule is O=Cc1cccc(-c2cc[nH]c2)c1. The summed E-state index contributed by atoms with van der Waals surface area (Å²) in [7, 11) is 0. The van der Waals surface area contributed by atoms with Crippen LogP contribution in [0.1, 0.15) is 10.4 Å². The Labute approximate surface area is 76.2 Å². The van der Waals surface area contributed by atoms with Crippen molar-refractivity contribution in [3.63, 3.8) is 0 Å². The van der Waals surface area contributed by atoms with Crippen LogP contribution >= 0.6 is 0 Å². The number of aromatic amines is 1. The molecule has 13 heavy (non-hydrogen) atoms. The molecule has 2 aromatic rings. The topological polar surface area (TPSA) is 32.9 Å². The van der Waals surface area contributed by atoms with Crippen molar-refractivity contribution in [1.82, 2.24) is 4.98 Å². The predicted molar refractivity (Wildman–Crippen MR) is 51.6 cm³/mol. The van der Waals surface area contributed by atoms with Crippen molar-refractivity contribution in [2.24, 2.45) is 0 Å². The molecule has 64 valence electrons. The van der Waals surface area contributed by atoms with E-state index in [1.807, 2.05) is 36.7 Å². The number of aldehydes is 1. The lowest BCUT2D eigenvalue weighted by Gasteiger charge is -1.97. The number of nitrogens with one attached hydrogen (secondary N) is 1. The average molecular weight is 171 g/mol. The normalized spacial score (nSPS) is 9.85. The van der Waals surface area contributed by atoms with Crippen molar-refractivity contribution >= 4 is 6.29 Å². The van der Waals surface area contributed by atoms with E-state index in [4.69, 9.17) is 0 Å². The lowest BCUT2D eigenvalue weighted by molar-refractivity contribution is 0.112. The molecule has 1 heterocycles. The van der Waals surface area contributed by atoms with E-state index in [1.165, 1.54) is 0 Å². The van der Waals surface area contributed by atoms with Crippen molar-refractivity contribution < 1.29 is 4.79 Å². The zero-order valence-electron chi connectivity index (χ0n) is 7.03. The van der Waals surface area contributed by atoms with Crippen LogP contribution in [0.5, 0.6) is 0 Å². The third-order valence-corrected chi connectivity index (χ3v) is 1.95. The Bertz CT molecular complexity index is 404. The highest BCUT2D eigenvalue weighted by Crippen LogP contribution is 2.18. The van der Waals surface area contributed by atoms with E-state index in [2.05, 4.69) is 4.98 Å². The third-order valence-electron chi connectivity index (χ3n) is 1.95. The number of benzene rings is 1. The highest BCUT2D eigenvalue weighted by molar-refractivity contribution is 5.78. The van der Waals surface area contributed by atoms with Crippen LogP contribution in [-0.2, 0) is 0 Å². The van der Waals surface area contributed by atoms with Crippen LogP contribution in [0.2, 0.25) is 0 Å². The largest absolute Gasteiger partial charge is 0.367 e. The van der Waals surface area contributed by atoms with Crippen LogP contribution in [0.15, 0.2) is 42.7 Å². The zero-order valence-corrected chi connectivity index (χ0v) is 7.03. The summed E-state index contributed by atoms with van der Waals surface area (Å²) in [4.78, 5) is 13.5. The summed E-state index contributed by atoms with van der Waals surface area (Å²) in [6, 6.07) is 9.51. The number of carbonyl (C=O) groups excluding carboxylic acids is 1. The van der Waals surface area contributed by atoms with Gasteiger partial charge in [0.2, 0.25) is 0 Å². The molecule has 0 amide bonds. The molecule has 0 unspecified atom stereocenters. The molecule has 0 saturated carbocycles. The van der Waals surface area contributed by atoms with Gasteiger partial charge in [-0.1, -0.05) is 18.2 Å². The molecular formula is C11H9NO. The van der Waals surface area contributed by atoms with E-state index in [0.717, 1.165) is 17.4 Å². The molecular weight excluding hydrogens is 162 g/mol. The molecule has 0 spiro atoms. The minimum Gasteiger partial charge on any atom is -0.367 e. The van der Waals surface area contributed by atoms with Crippen molar-refractivity contribution in [3.8, 4) is 11.1 Å². The van der Waals surface area contributed by atoms with Gasteiger partial charge in [0, 0.05) is 18.0 Å². The highest BCUT2D eigenvalue weighted by atomic mass is 16.1. The average Bonchev–Trinajstić information content (AvgIpc) is 2.71. The van der Waals surface area contributed by atoms with Crippen LogP contribution in [-0.4, -0.2) is 11.3 Å². The maximum absolute atomic E-state index is 10.5. The Balaban J connectivity index is 2.47. The van der Waals surface area contributed by atoms with Gasteiger partial charge in [0.1, 0.15) is 6.29 Å². The molecule has 1 N–H and O–H groups in total. The third kappa shape index (κ3) is 1.51. The molecule has 0 fully saturated rings. The molecule has 2 heteroatoms.